The van der Waals surface area contributed by atoms with Gasteiger partial charge in [-0.1, -0.05) is 30.0 Å². The second-order valence-corrected chi connectivity index (χ2v) is 5.05. The Bertz CT molecular complexity index is 626. The van der Waals surface area contributed by atoms with Gasteiger partial charge in [-0.25, -0.2) is 4.68 Å². The van der Waals surface area contributed by atoms with E-state index >= 15 is 0 Å². The van der Waals surface area contributed by atoms with Crippen molar-refractivity contribution in [1.29, 1.82) is 0 Å². The molecule has 0 unspecified atom stereocenters. The van der Waals surface area contributed by atoms with Gasteiger partial charge in [0.2, 0.25) is 11.1 Å². The summed E-state index contributed by atoms with van der Waals surface area (Å²) in [5.74, 6) is 1.69. The Kier molecular flexibility index (Phi) is 3.12. The average Bonchev–Trinajstić information content (AvgIpc) is 2.80. The monoisotopic (exact) mass is 276 g/mol. The summed E-state index contributed by atoms with van der Waals surface area (Å²) in [5.41, 5.74) is 3.77. The highest BCUT2D eigenvalue weighted by molar-refractivity contribution is 7.99. The number of ether oxygens (including phenoxy) is 1. The molecule has 2 heterocycles. The maximum absolute atomic E-state index is 11.4. The minimum Gasteiger partial charge on any atom is -0.485 e. The molecule has 0 saturated heterocycles. The van der Waals surface area contributed by atoms with Gasteiger partial charge >= 0.3 is 0 Å². The van der Waals surface area contributed by atoms with E-state index in [-0.39, 0.29) is 12.5 Å². The van der Waals surface area contributed by atoms with E-state index in [2.05, 4.69) is 15.6 Å². The maximum Gasteiger partial charge on any atom is 0.249 e. The number of amides is 1. The van der Waals surface area contributed by atoms with Crippen LogP contribution < -0.4 is 10.2 Å². The van der Waals surface area contributed by atoms with Gasteiger partial charge in [-0.15, -0.1) is 10.2 Å². The Hall–Kier alpha value is -2.02. The van der Waals surface area contributed by atoms with Crippen molar-refractivity contribution >= 4 is 17.7 Å². The van der Waals surface area contributed by atoms with E-state index in [9.17, 15) is 4.79 Å². The highest BCUT2D eigenvalue weighted by Crippen LogP contribution is 2.21. The van der Waals surface area contributed by atoms with Crippen LogP contribution in [0.3, 0.4) is 0 Å². The molecule has 0 saturated carbocycles. The second-order valence-electron chi connectivity index (χ2n) is 4.11. The summed E-state index contributed by atoms with van der Waals surface area (Å²) in [6, 6.07) is 7.75. The molecule has 1 N–H and O–H groups in total. The molecule has 0 bridgehead atoms. The van der Waals surface area contributed by atoms with Gasteiger partial charge in [-0.2, -0.15) is 0 Å². The summed E-state index contributed by atoms with van der Waals surface area (Å²) in [6.07, 6.45) is 0. The van der Waals surface area contributed by atoms with Crippen LogP contribution in [0.15, 0.2) is 29.4 Å². The zero-order valence-electron chi connectivity index (χ0n) is 10.3. The van der Waals surface area contributed by atoms with Crippen molar-refractivity contribution in [2.45, 2.75) is 18.7 Å². The fraction of sp³-hybridized carbons (Fsp3) is 0.250. The number of nitrogens with zero attached hydrogens (tertiary/aromatic N) is 3. The molecular formula is C12H12N4O2S. The molecule has 0 radical (unpaired) electrons. The summed E-state index contributed by atoms with van der Waals surface area (Å²) >= 11 is 1.36. The Labute approximate surface area is 114 Å². The Morgan fingerprint density at radius 2 is 2.26 bits per heavy atom. The number of thioether (sulfide) groups is 1. The molecule has 1 amide bonds. The number of aryl methyl sites for hydroxylation is 1. The normalized spacial score (nSPS) is 13.8. The van der Waals surface area contributed by atoms with Crippen LogP contribution in [0.5, 0.6) is 5.75 Å². The molecule has 3 rings (SSSR count). The van der Waals surface area contributed by atoms with E-state index in [4.69, 9.17) is 4.74 Å². The molecule has 1 aromatic carbocycles. The lowest BCUT2D eigenvalue weighted by molar-refractivity contribution is -0.115. The van der Waals surface area contributed by atoms with Crippen molar-refractivity contribution in [3.05, 3.63) is 35.7 Å². The standard InChI is InChI=1S/C12H12N4O2S/c1-8-4-2-3-5-9(8)18-6-10-13-14-12-16(10)15-11(17)7-19-12/h2-5H,6-7H2,1H3,(H,15,17). The van der Waals surface area contributed by atoms with Crippen molar-refractivity contribution in [1.82, 2.24) is 14.9 Å². The van der Waals surface area contributed by atoms with Crippen LogP contribution in [0.25, 0.3) is 0 Å². The summed E-state index contributed by atoms with van der Waals surface area (Å²) in [4.78, 5) is 11.4. The molecule has 1 aromatic heterocycles. The highest BCUT2D eigenvalue weighted by atomic mass is 32.2. The molecule has 1 aliphatic rings. The van der Waals surface area contributed by atoms with Gasteiger partial charge in [-0.3, -0.25) is 10.2 Å². The van der Waals surface area contributed by atoms with Crippen LogP contribution in [0, 0.1) is 6.92 Å². The van der Waals surface area contributed by atoms with Gasteiger partial charge < -0.3 is 4.74 Å². The zero-order chi connectivity index (χ0) is 13.2. The average molecular weight is 276 g/mol. The molecule has 0 aliphatic carbocycles. The molecule has 1 aliphatic heterocycles. The first kappa shape index (κ1) is 12.0. The number of para-hydroxylation sites is 1. The van der Waals surface area contributed by atoms with Gasteiger partial charge in [-0.05, 0) is 18.6 Å². The quantitative estimate of drug-likeness (QED) is 0.916. The number of nitrogens with one attached hydrogen (secondary N) is 1. The number of carbonyl (C=O) groups is 1. The first-order chi connectivity index (χ1) is 9.24. The number of rotatable bonds is 3. The predicted molar refractivity (Wildman–Crippen MR) is 70.6 cm³/mol. The van der Waals surface area contributed by atoms with Crippen LogP contribution in [0.2, 0.25) is 0 Å². The molecular weight excluding hydrogens is 264 g/mol. The summed E-state index contributed by atoms with van der Waals surface area (Å²) in [5, 5.41) is 8.72. The van der Waals surface area contributed by atoms with E-state index < -0.39 is 0 Å². The molecule has 0 fully saturated rings. The molecule has 7 heteroatoms. The van der Waals surface area contributed by atoms with Gasteiger partial charge in [0.1, 0.15) is 12.4 Å². The lowest BCUT2D eigenvalue weighted by Crippen LogP contribution is -2.31. The van der Waals surface area contributed by atoms with E-state index in [1.54, 1.807) is 4.68 Å². The fourth-order valence-electron chi connectivity index (χ4n) is 1.75. The van der Waals surface area contributed by atoms with Crippen molar-refractivity contribution in [3.63, 3.8) is 0 Å². The lowest BCUT2D eigenvalue weighted by Gasteiger charge is -2.15. The van der Waals surface area contributed by atoms with Crippen LogP contribution in [-0.2, 0) is 11.4 Å². The Balaban J connectivity index is 1.76. The fourth-order valence-corrected chi connectivity index (χ4v) is 2.45. The highest BCUT2D eigenvalue weighted by Gasteiger charge is 2.21. The third kappa shape index (κ3) is 2.41. The number of carbonyl (C=O) groups excluding carboxylic acids is 1. The second kappa shape index (κ2) is 4.93. The van der Waals surface area contributed by atoms with Gasteiger partial charge in [0.15, 0.2) is 5.82 Å². The van der Waals surface area contributed by atoms with Crippen LogP contribution >= 0.6 is 11.8 Å². The largest absolute Gasteiger partial charge is 0.485 e. The number of benzene rings is 1. The number of hydrogen-bond acceptors (Lipinski definition) is 5. The third-order valence-electron chi connectivity index (χ3n) is 2.72. The topological polar surface area (TPSA) is 69.0 Å². The first-order valence-electron chi connectivity index (χ1n) is 5.79. The van der Waals surface area contributed by atoms with Crippen LogP contribution in [0.4, 0.5) is 0 Å². The van der Waals surface area contributed by atoms with Crippen molar-refractivity contribution < 1.29 is 9.53 Å². The molecule has 2 aromatic rings. The molecule has 0 atom stereocenters. The molecule has 6 nitrogen and oxygen atoms in total. The van der Waals surface area contributed by atoms with E-state index in [0.29, 0.717) is 16.7 Å². The third-order valence-corrected chi connectivity index (χ3v) is 3.65. The van der Waals surface area contributed by atoms with E-state index in [0.717, 1.165) is 11.3 Å². The smallest absolute Gasteiger partial charge is 0.249 e. The lowest BCUT2D eigenvalue weighted by atomic mass is 10.2. The molecule has 0 spiro atoms. The minimum atomic E-state index is -0.0607. The molecule has 19 heavy (non-hydrogen) atoms. The van der Waals surface area contributed by atoms with Crippen molar-refractivity contribution in [2.24, 2.45) is 0 Å². The predicted octanol–water partition coefficient (Wildman–Crippen LogP) is 1.34. The van der Waals surface area contributed by atoms with Crippen LogP contribution in [0.1, 0.15) is 11.4 Å². The SMILES string of the molecule is Cc1ccccc1OCc1nnc2n1NC(=O)CS2. The van der Waals surface area contributed by atoms with Crippen LogP contribution in [-0.4, -0.2) is 26.5 Å². The Morgan fingerprint density at radius 1 is 1.42 bits per heavy atom. The molecule has 98 valence electrons. The maximum atomic E-state index is 11.4. The van der Waals surface area contributed by atoms with Crippen molar-refractivity contribution in [2.75, 3.05) is 11.2 Å². The zero-order valence-corrected chi connectivity index (χ0v) is 11.1. The van der Waals surface area contributed by atoms with E-state index in [1.165, 1.54) is 11.8 Å². The summed E-state index contributed by atoms with van der Waals surface area (Å²) in [6.45, 7) is 2.24. The Morgan fingerprint density at radius 3 is 3.11 bits per heavy atom. The van der Waals surface area contributed by atoms with Gasteiger partial charge in [0.25, 0.3) is 0 Å². The first-order valence-corrected chi connectivity index (χ1v) is 6.78. The van der Waals surface area contributed by atoms with Gasteiger partial charge in [0, 0.05) is 0 Å². The van der Waals surface area contributed by atoms with Gasteiger partial charge in [0.05, 0.1) is 5.75 Å². The number of hydrogen-bond donors (Lipinski definition) is 1. The van der Waals surface area contributed by atoms with E-state index in [1.807, 2.05) is 31.2 Å². The minimum absolute atomic E-state index is 0.0607. The van der Waals surface area contributed by atoms with Crippen molar-refractivity contribution in [3.8, 4) is 5.75 Å². The number of fused-ring (bicyclic) bond motifs is 1. The number of aromatic nitrogens is 3. The summed E-state index contributed by atoms with van der Waals surface area (Å²) in [7, 11) is 0. The summed E-state index contributed by atoms with van der Waals surface area (Å²) < 4.78 is 7.28.